The predicted molar refractivity (Wildman–Crippen MR) is 61.9 cm³/mol. The van der Waals surface area contributed by atoms with Gasteiger partial charge in [-0.05, 0) is 25.3 Å². The fourth-order valence-corrected chi connectivity index (χ4v) is 2.00. The minimum atomic E-state index is -0.410. The van der Waals surface area contributed by atoms with Gasteiger partial charge in [-0.3, -0.25) is 0 Å². The SMILES string of the molecule is CN(c1cc(F)c(Cl)cc1N)C1CCC1. The van der Waals surface area contributed by atoms with Crippen molar-refractivity contribution in [3.63, 3.8) is 0 Å². The fourth-order valence-electron chi connectivity index (χ4n) is 1.83. The number of anilines is 2. The Balaban J connectivity index is 2.30. The highest BCUT2D eigenvalue weighted by atomic mass is 35.5. The molecule has 82 valence electrons. The monoisotopic (exact) mass is 228 g/mol. The number of hydrogen-bond donors (Lipinski definition) is 1. The lowest BCUT2D eigenvalue weighted by atomic mass is 9.91. The number of nitrogens with zero attached hydrogens (tertiary/aromatic N) is 1. The van der Waals surface area contributed by atoms with Crippen LogP contribution in [-0.2, 0) is 0 Å². The van der Waals surface area contributed by atoms with E-state index in [1.807, 2.05) is 11.9 Å². The molecule has 1 aromatic carbocycles. The number of nitrogen functional groups attached to an aromatic ring is 1. The molecule has 0 heterocycles. The summed E-state index contributed by atoms with van der Waals surface area (Å²) < 4.78 is 13.3. The smallest absolute Gasteiger partial charge is 0.144 e. The standard InChI is InChI=1S/C11H14ClFN2/c1-15(7-3-2-4-7)11-6-9(13)8(12)5-10(11)14/h5-7H,2-4,14H2,1H3. The van der Waals surface area contributed by atoms with Crippen LogP contribution >= 0.6 is 11.6 Å². The third-order valence-corrected chi connectivity index (χ3v) is 3.36. The fraction of sp³-hybridized carbons (Fsp3) is 0.455. The summed E-state index contributed by atoms with van der Waals surface area (Å²) in [7, 11) is 1.95. The van der Waals surface area contributed by atoms with Gasteiger partial charge in [0.1, 0.15) is 5.82 Å². The molecule has 4 heteroatoms. The molecule has 0 atom stereocenters. The van der Waals surface area contributed by atoms with E-state index < -0.39 is 5.82 Å². The van der Waals surface area contributed by atoms with Crippen LogP contribution in [0.1, 0.15) is 19.3 Å². The first-order valence-electron chi connectivity index (χ1n) is 5.07. The number of halogens is 2. The van der Waals surface area contributed by atoms with Gasteiger partial charge in [0.2, 0.25) is 0 Å². The van der Waals surface area contributed by atoms with Gasteiger partial charge in [-0.2, -0.15) is 0 Å². The minimum Gasteiger partial charge on any atom is -0.397 e. The molecular weight excluding hydrogens is 215 g/mol. The molecule has 2 nitrogen and oxygen atoms in total. The van der Waals surface area contributed by atoms with Crippen molar-refractivity contribution in [3.05, 3.63) is 23.0 Å². The second kappa shape index (κ2) is 3.89. The second-order valence-corrected chi connectivity index (χ2v) is 4.43. The van der Waals surface area contributed by atoms with Crippen molar-refractivity contribution in [2.45, 2.75) is 25.3 Å². The van der Waals surface area contributed by atoms with E-state index in [1.54, 1.807) is 0 Å². The van der Waals surface area contributed by atoms with Gasteiger partial charge >= 0.3 is 0 Å². The Morgan fingerprint density at radius 2 is 2.13 bits per heavy atom. The van der Waals surface area contributed by atoms with Crippen molar-refractivity contribution in [2.75, 3.05) is 17.7 Å². The molecule has 0 radical (unpaired) electrons. The molecule has 0 unspecified atom stereocenters. The molecule has 1 aromatic rings. The normalized spacial score (nSPS) is 16.2. The van der Waals surface area contributed by atoms with Crippen LogP contribution in [0.3, 0.4) is 0 Å². The first kappa shape index (κ1) is 10.6. The highest BCUT2D eigenvalue weighted by molar-refractivity contribution is 6.31. The molecule has 1 aliphatic carbocycles. The van der Waals surface area contributed by atoms with Crippen LogP contribution in [0.4, 0.5) is 15.8 Å². The summed E-state index contributed by atoms with van der Waals surface area (Å²) in [6.45, 7) is 0. The number of rotatable bonds is 2. The molecule has 2 rings (SSSR count). The van der Waals surface area contributed by atoms with E-state index in [0.717, 1.165) is 18.5 Å². The molecule has 0 aliphatic heterocycles. The first-order valence-corrected chi connectivity index (χ1v) is 5.44. The van der Waals surface area contributed by atoms with Gasteiger partial charge in [-0.25, -0.2) is 4.39 Å². The van der Waals surface area contributed by atoms with Gasteiger partial charge in [0.25, 0.3) is 0 Å². The van der Waals surface area contributed by atoms with E-state index in [-0.39, 0.29) is 5.02 Å². The summed E-state index contributed by atoms with van der Waals surface area (Å²) in [6, 6.07) is 3.38. The maximum atomic E-state index is 13.3. The number of benzene rings is 1. The lowest BCUT2D eigenvalue weighted by Crippen LogP contribution is -2.37. The maximum Gasteiger partial charge on any atom is 0.144 e. The van der Waals surface area contributed by atoms with Crippen LogP contribution in [-0.4, -0.2) is 13.1 Å². The summed E-state index contributed by atoms with van der Waals surface area (Å²) >= 11 is 5.64. The van der Waals surface area contributed by atoms with Crippen molar-refractivity contribution >= 4 is 23.0 Å². The van der Waals surface area contributed by atoms with Crippen LogP contribution in [0.25, 0.3) is 0 Å². The molecule has 2 N–H and O–H groups in total. The van der Waals surface area contributed by atoms with Gasteiger partial charge in [0, 0.05) is 19.2 Å². The summed E-state index contributed by atoms with van der Waals surface area (Å²) in [5.74, 6) is -0.410. The van der Waals surface area contributed by atoms with E-state index in [9.17, 15) is 4.39 Å². The summed E-state index contributed by atoms with van der Waals surface area (Å²) in [4.78, 5) is 2.04. The van der Waals surface area contributed by atoms with Gasteiger partial charge in [0.15, 0.2) is 0 Å². The third kappa shape index (κ3) is 1.88. The Labute approximate surface area is 93.8 Å². The maximum absolute atomic E-state index is 13.3. The Kier molecular flexibility index (Phi) is 2.74. The Bertz CT molecular complexity index is 377. The predicted octanol–water partition coefficient (Wildman–Crippen LogP) is 3.05. The molecule has 1 aliphatic rings. The van der Waals surface area contributed by atoms with Gasteiger partial charge in [-0.15, -0.1) is 0 Å². The van der Waals surface area contributed by atoms with E-state index in [1.165, 1.54) is 18.6 Å². The van der Waals surface area contributed by atoms with E-state index >= 15 is 0 Å². The van der Waals surface area contributed by atoms with Gasteiger partial charge in [-0.1, -0.05) is 11.6 Å². The van der Waals surface area contributed by atoms with Crippen molar-refractivity contribution in [2.24, 2.45) is 0 Å². The minimum absolute atomic E-state index is 0.0817. The molecule has 0 bridgehead atoms. The second-order valence-electron chi connectivity index (χ2n) is 4.02. The lowest BCUT2D eigenvalue weighted by molar-refractivity contribution is 0.401. The molecule has 0 amide bonds. The first-order chi connectivity index (χ1) is 7.09. The van der Waals surface area contributed by atoms with Crippen LogP contribution in [0.2, 0.25) is 5.02 Å². The zero-order valence-corrected chi connectivity index (χ0v) is 9.39. The summed E-state index contributed by atoms with van der Waals surface area (Å²) in [5.41, 5.74) is 7.09. The van der Waals surface area contributed by atoms with Gasteiger partial charge < -0.3 is 10.6 Å². The van der Waals surface area contributed by atoms with Crippen LogP contribution < -0.4 is 10.6 Å². The highest BCUT2D eigenvalue weighted by Gasteiger charge is 2.24. The molecule has 15 heavy (non-hydrogen) atoms. The van der Waals surface area contributed by atoms with Gasteiger partial charge in [0.05, 0.1) is 16.4 Å². The lowest BCUT2D eigenvalue weighted by Gasteiger charge is -2.37. The quantitative estimate of drug-likeness (QED) is 0.789. The van der Waals surface area contributed by atoms with E-state index in [2.05, 4.69) is 0 Å². The Morgan fingerprint density at radius 3 is 2.67 bits per heavy atom. The average molecular weight is 229 g/mol. The number of hydrogen-bond acceptors (Lipinski definition) is 2. The van der Waals surface area contributed by atoms with Crippen molar-refractivity contribution in [1.82, 2.24) is 0 Å². The average Bonchev–Trinajstić information content (AvgIpc) is 2.08. The van der Waals surface area contributed by atoms with E-state index in [0.29, 0.717) is 11.7 Å². The van der Waals surface area contributed by atoms with Crippen molar-refractivity contribution < 1.29 is 4.39 Å². The third-order valence-electron chi connectivity index (χ3n) is 3.07. The molecule has 0 aromatic heterocycles. The Morgan fingerprint density at radius 1 is 1.47 bits per heavy atom. The zero-order valence-electron chi connectivity index (χ0n) is 8.63. The molecular formula is C11H14ClFN2. The molecule has 0 saturated heterocycles. The van der Waals surface area contributed by atoms with Crippen molar-refractivity contribution in [1.29, 1.82) is 0 Å². The molecule has 0 spiro atoms. The highest BCUT2D eigenvalue weighted by Crippen LogP contribution is 2.34. The number of nitrogens with two attached hydrogens (primary N) is 1. The summed E-state index contributed by atoms with van der Waals surface area (Å²) in [5, 5.41) is 0.0817. The van der Waals surface area contributed by atoms with Crippen molar-refractivity contribution in [3.8, 4) is 0 Å². The largest absolute Gasteiger partial charge is 0.397 e. The Hall–Kier alpha value is -0.960. The van der Waals surface area contributed by atoms with Crippen LogP contribution in [0, 0.1) is 5.82 Å². The summed E-state index contributed by atoms with van der Waals surface area (Å²) in [6.07, 6.45) is 3.55. The van der Waals surface area contributed by atoms with E-state index in [4.69, 9.17) is 17.3 Å². The van der Waals surface area contributed by atoms with Crippen LogP contribution in [0.5, 0.6) is 0 Å². The molecule has 1 saturated carbocycles. The van der Waals surface area contributed by atoms with Crippen LogP contribution in [0.15, 0.2) is 12.1 Å². The zero-order chi connectivity index (χ0) is 11.0. The topological polar surface area (TPSA) is 29.3 Å². The molecule has 1 fully saturated rings.